The molecule has 1 amide bonds. The second-order valence-corrected chi connectivity index (χ2v) is 5.27. The Balaban J connectivity index is 2.17. The molecule has 0 saturated carbocycles. The number of hydrogen-bond donors (Lipinski definition) is 2. The third-order valence-corrected chi connectivity index (χ3v) is 4.01. The molecule has 0 radical (unpaired) electrons. The SMILES string of the molecule is NC(=O)CNC(c1cccs1)c1cccs1. The summed E-state index contributed by atoms with van der Waals surface area (Å²) >= 11 is 3.35. The maximum Gasteiger partial charge on any atom is 0.231 e. The van der Waals surface area contributed by atoms with Gasteiger partial charge in [-0.3, -0.25) is 10.1 Å². The van der Waals surface area contributed by atoms with Gasteiger partial charge in [0.2, 0.25) is 5.91 Å². The van der Waals surface area contributed by atoms with E-state index in [9.17, 15) is 4.79 Å². The summed E-state index contributed by atoms with van der Waals surface area (Å²) in [5.41, 5.74) is 5.15. The van der Waals surface area contributed by atoms with Crippen molar-refractivity contribution in [2.75, 3.05) is 6.54 Å². The van der Waals surface area contributed by atoms with Gasteiger partial charge < -0.3 is 5.73 Å². The quantitative estimate of drug-likeness (QED) is 0.855. The van der Waals surface area contributed by atoms with Crippen molar-refractivity contribution in [1.82, 2.24) is 5.32 Å². The minimum atomic E-state index is -0.335. The molecule has 16 heavy (non-hydrogen) atoms. The van der Waals surface area contributed by atoms with Crippen LogP contribution in [0.2, 0.25) is 0 Å². The highest BCUT2D eigenvalue weighted by molar-refractivity contribution is 7.11. The van der Waals surface area contributed by atoms with Crippen LogP contribution in [0.15, 0.2) is 35.0 Å². The Morgan fingerprint density at radius 3 is 2.19 bits per heavy atom. The van der Waals surface area contributed by atoms with Gasteiger partial charge in [-0.1, -0.05) is 12.1 Å². The molecule has 2 aromatic heterocycles. The summed E-state index contributed by atoms with van der Waals surface area (Å²) < 4.78 is 0. The predicted molar refractivity (Wildman–Crippen MR) is 67.7 cm³/mol. The maximum atomic E-state index is 10.8. The first-order chi connectivity index (χ1) is 7.77. The number of rotatable bonds is 5. The van der Waals surface area contributed by atoms with Crippen molar-refractivity contribution in [2.24, 2.45) is 5.73 Å². The van der Waals surface area contributed by atoms with Crippen LogP contribution >= 0.6 is 22.7 Å². The Morgan fingerprint density at radius 1 is 1.25 bits per heavy atom. The largest absolute Gasteiger partial charge is 0.369 e. The molecule has 5 heteroatoms. The van der Waals surface area contributed by atoms with E-state index in [1.165, 1.54) is 9.75 Å². The van der Waals surface area contributed by atoms with Crippen molar-refractivity contribution in [2.45, 2.75) is 6.04 Å². The first-order valence-corrected chi connectivity index (χ1v) is 6.62. The summed E-state index contributed by atoms with van der Waals surface area (Å²) in [5, 5.41) is 7.23. The topological polar surface area (TPSA) is 55.1 Å². The molecular formula is C11H12N2OS2. The fraction of sp³-hybridized carbons (Fsp3) is 0.182. The van der Waals surface area contributed by atoms with Crippen LogP contribution in [0, 0.1) is 0 Å². The Morgan fingerprint density at radius 2 is 1.81 bits per heavy atom. The van der Waals surface area contributed by atoms with Gasteiger partial charge in [0.25, 0.3) is 0 Å². The van der Waals surface area contributed by atoms with E-state index in [0.717, 1.165) is 0 Å². The number of thiophene rings is 2. The van der Waals surface area contributed by atoms with Crippen LogP contribution in [0.4, 0.5) is 0 Å². The molecule has 0 aliphatic carbocycles. The fourth-order valence-electron chi connectivity index (χ4n) is 1.46. The number of nitrogens with two attached hydrogens (primary N) is 1. The lowest BCUT2D eigenvalue weighted by Gasteiger charge is -2.14. The van der Waals surface area contributed by atoms with Crippen LogP contribution in [0.1, 0.15) is 15.8 Å². The lowest BCUT2D eigenvalue weighted by Crippen LogP contribution is -2.31. The number of hydrogen-bond acceptors (Lipinski definition) is 4. The summed E-state index contributed by atoms with van der Waals surface area (Å²) in [6, 6.07) is 8.21. The molecule has 2 aromatic rings. The van der Waals surface area contributed by atoms with Gasteiger partial charge in [0.15, 0.2) is 0 Å². The molecule has 0 spiro atoms. The third-order valence-electron chi connectivity index (χ3n) is 2.14. The first-order valence-electron chi connectivity index (χ1n) is 4.86. The number of primary amides is 1. The molecular weight excluding hydrogens is 240 g/mol. The van der Waals surface area contributed by atoms with Crippen LogP contribution in [0.5, 0.6) is 0 Å². The van der Waals surface area contributed by atoms with Crippen LogP contribution in [-0.4, -0.2) is 12.5 Å². The normalized spacial score (nSPS) is 10.8. The van der Waals surface area contributed by atoms with E-state index >= 15 is 0 Å². The summed E-state index contributed by atoms with van der Waals surface area (Å²) in [6.07, 6.45) is 0. The van der Waals surface area contributed by atoms with Crippen molar-refractivity contribution in [3.63, 3.8) is 0 Å². The van der Waals surface area contributed by atoms with Gasteiger partial charge >= 0.3 is 0 Å². The minimum Gasteiger partial charge on any atom is -0.369 e. The van der Waals surface area contributed by atoms with E-state index in [1.54, 1.807) is 22.7 Å². The molecule has 0 unspecified atom stereocenters. The predicted octanol–water partition coefficient (Wildman–Crippen LogP) is 1.97. The van der Waals surface area contributed by atoms with Gasteiger partial charge in [0.05, 0.1) is 12.6 Å². The Bertz CT molecular complexity index is 402. The van der Waals surface area contributed by atoms with Crippen molar-refractivity contribution >= 4 is 28.6 Å². The molecule has 0 aliphatic rings. The van der Waals surface area contributed by atoms with E-state index in [2.05, 4.69) is 17.4 Å². The molecule has 0 aliphatic heterocycles. The van der Waals surface area contributed by atoms with E-state index in [-0.39, 0.29) is 18.5 Å². The van der Waals surface area contributed by atoms with Crippen molar-refractivity contribution in [3.05, 3.63) is 44.8 Å². The number of carbonyl (C=O) groups excluding carboxylic acids is 1. The molecule has 3 nitrogen and oxygen atoms in total. The Hall–Kier alpha value is -1.17. The van der Waals surface area contributed by atoms with Gasteiger partial charge in [-0.25, -0.2) is 0 Å². The smallest absolute Gasteiger partial charge is 0.231 e. The van der Waals surface area contributed by atoms with Crippen molar-refractivity contribution < 1.29 is 4.79 Å². The van der Waals surface area contributed by atoms with Gasteiger partial charge in [0, 0.05) is 9.75 Å². The number of amides is 1. The summed E-state index contributed by atoms with van der Waals surface area (Å²) in [5.74, 6) is -0.335. The van der Waals surface area contributed by atoms with E-state index in [4.69, 9.17) is 5.73 Å². The van der Waals surface area contributed by atoms with Crippen LogP contribution in [0.3, 0.4) is 0 Å². The van der Waals surface area contributed by atoms with E-state index < -0.39 is 0 Å². The van der Waals surface area contributed by atoms with Crippen LogP contribution < -0.4 is 11.1 Å². The van der Waals surface area contributed by atoms with Crippen LogP contribution in [-0.2, 0) is 4.79 Å². The molecule has 0 saturated heterocycles. The zero-order valence-electron chi connectivity index (χ0n) is 8.55. The van der Waals surface area contributed by atoms with Gasteiger partial charge in [-0.15, -0.1) is 22.7 Å². The lowest BCUT2D eigenvalue weighted by atomic mass is 10.2. The fourth-order valence-corrected chi connectivity index (χ4v) is 3.17. The van der Waals surface area contributed by atoms with Gasteiger partial charge in [-0.05, 0) is 22.9 Å². The Labute approximate surface area is 102 Å². The molecule has 0 atom stereocenters. The standard InChI is InChI=1S/C11H12N2OS2/c12-10(14)7-13-11(8-3-1-5-15-8)9-4-2-6-16-9/h1-6,11,13H,7H2,(H2,12,14). The van der Waals surface area contributed by atoms with Gasteiger partial charge in [0.1, 0.15) is 0 Å². The molecule has 84 valence electrons. The average Bonchev–Trinajstić information content (AvgIpc) is 2.88. The number of nitrogens with one attached hydrogen (secondary N) is 1. The summed E-state index contributed by atoms with van der Waals surface area (Å²) in [4.78, 5) is 13.2. The molecule has 0 aromatic carbocycles. The lowest BCUT2D eigenvalue weighted by molar-refractivity contribution is -0.117. The van der Waals surface area contributed by atoms with Gasteiger partial charge in [-0.2, -0.15) is 0 Å². The second-order valence-electron chi connectivity index (χ2n) is 3.31. The second kappa shape index (κ2) is 5.25. The highest BCUT2D eigenvalue weighted by Gasteiger charge is 2.15. The highest BCUT2D eigenvalue weighted by atomic mass is 32.1. The van der Waals surface area contributed by atoms with Crippen molar-refractivity contribution in [1.29, 1.82) is 0 Å². The van der Waals surface area contributed by atoms with E-state index in [1.807, 2.05) is 22.9 Å². The monoisotopic (exact) mass is 252 g/mol. The molecule has 0 fully saturated rings. The molecule has 2 rings (SSSR count). The summed E-state index contributed by atoms with van der Waals surface area (Å²) in [7, 11) is 0. The zero-order valence-corrected chi connectivity index (χ0v) is 10.2. The maximum absolute atomic E-state index is 10.8. The zero-order chi connectivity index (χ0) is 11.4. The summed E-state index contributed by atoms with van der Waals surface area (Å²) in [6.45, 7) is 0.195. The Kier molecular flexibility index (Phi) is 3.71. The minimum absolute atomic E-state index is 0.0764. The van der Waals surface area contributed by atoms with E-state index in [0.29, 0.717) is 0 Å². The number of carbonyl (C=O) groups is 1. The van der Waals surface area contributed by atoms with Crippen LogP contribution in [0.25, 0.3) is 0 Å². The highest BCUT2D eigenvalue weighted by Crippen LogP contribution is 2.28. The molecule has 0 bridgehead atoms. The average molecular weight is 252 g/mol. The first kappa shape index (κ1) is 11.3. The molecule has 3 N–H and O–H groups in total. The van der Waals surface area contributed by atoms with Crippen molar-refractivity contribution in [3.8, 4) is 0 Å². The molecule has 2 heterocycles. The third kappa shape index (κ3) is 2.69.